The summed E-state index contributed by atoms with van der Waals surface area (Å²) in [5.74, 6) is -0.776. The Labute approximate surface area is 193 Å². The lowest BCUT2D eigenvalue weighted by Crippen LogP contribution is -2.47. The van der Waals surface area contributed by atoms with Gasteiger partial charge in [-0.2, -0.15) is 0 Å². The fourth-order valence-corrected chi connectivity index (χ4v) is 2.97. The molecule has 0 bridgehead atoms. The van der Waals surface area contributed by atoms with Crippen LogP contribution in [0.2, 0.25) is 0 Å². The van der Waals surface area contributed by atoms with Gasteiger partial charge in [0.05, 0.1) is 0 Å². The van der Waals surface area contributed by atoms with Gasteiger partial charge in [0.25, 0.3) is 5.96 Å². The number of hydrogen-bond acceptors (Lipinski definition) is 5. The Bertz CT molecular complexity index is 788. The minimum Gasteiger partial charge on any atom is -0.365 e. The number of hydrazine groups is 1. The monoisotopic (exact) mass is 466 g/mol. The molecule has 0 spiro atoms. The molecule has 0 aliphatic carbocycles. The Morgan fingerprint density at radius 1 is 1.21 bits per heavy atom. The minimum absolute atomic E-state index is 0.176. The molecule has 0 saturated carbocycles. The quantitative estimate of drug-likeness (QED) is 0.102. The molecule has 0 radical (unpaired) electrons. The second kappa shape index (κ2) is 15.5. The summed E-state index contributed by atoms with van der Waals surface area (Å²) >= 11 is 0. The molecule has 0 fully saturated rings. The summed E-state index contributed by atoms with van der Waals surface area (Å²) in [5, 5.41) is 15.2. The molecule has 5 N–H and O–H groups in total. The largest absolute Gasteiger partial charge is 0.365 e. The van der Waals surface area contributed by atoms with Crippen molar-refractivity contribution < 1.29 is 19.0 Å². The normalized spacial score (nSPS) is 13.1. The van der Waals surface area contributed by atoms with Crippen LogP contribution in [0.3, 0.4) is 0 Å². The van der Waals surface area contributed by atoms with Crippen molar-refractivity contribution in [2.24, 2.45) is 16.6 Å². The van der Waals surface area contributed by atoms with Crippen molar-refractivity contribution >= 4 is 17.8 Å². The number of aliphatic imine (C=N–C) groups is 1. The fourth-order valence-electron chi connectivity index (χ4n) is 2.97. The van der Waals surface area contributed by atoms with E-state index >= 15 is 0 Å². The first-order valence-electron chi connectivity index (χ1n) is 11.2. The van der Waals surface area contributed by atoms with Crippen LogP contribution in [0.25, 0.3) is 0 Å². The lowest BCUT2D eigenvalue weighted by atomic mass is 10.1. The highest BCUT2D eigenvalue weighted by atomic mass is 19.1. The van der Waals surface area contributed by atoms with Gasteiger partial charge in [-0.3, -0.25) is 9.59 Å². The summed E-state index contributed by atoms with van der Waals surface area (Å²) in [6, 6.07) is 5.55. The number of carbonyl (C=O) groups is 2. The molecule has 0 aliphatic heterocycles. The predicted octanol–water partition coefficient (Wildman–Crippen LogP) is 2.06. The summed E-state index contributed by atoms with van der Waals surface area (Å²) in [7, 11) is 0. The van der Waals surface area contributed by atoms with E-state index in [2.05, 4.69) is 15.6 Å². The van der Waals surface area contributed by atoms with E-state index in [1.807, 2.05) is 13.8 Å². The van der Waals surface area contributed by atoms with Crippen molar-refractivity contribution in [3.05, 3.63) is 45.8 Å². The predicted molar refractivity (Wildman–Crippen MR) is 124 cm³/mol. The van der Waals surface area contributed by atoms with E-state index < -0.39 is 11.1 Å². The minimum atomic E-state index is -0.805. The molecule has 33 heavy (non-hydrogen) atoms. The standard InChI is InChI=1S/C22H35FN6O4/c1-3-16(2)15-26-21(31)19(8-6-14-25-22(24)28-29(32)33)27-20(30)9-5-4-7-17-10-12-18(23)13-11-17/h10-13,16,19H,3-9,14-15H2,1-2H3,(H,26,31)(H,27,30)(H3,24,25,28)/t16?,19-/m0/s1. The average Bonchev–Trinajstić information content (AvgIpc) is 2.77. The number of guanidine groups is 1. The topological polar surface area (TPSA) is 152 Å². The SMILES string of the molecule is CCC(C)CNC(=O)[C@H](CCCN=C(N)N[N+](=O)[O-])NC(=O)CCCCc1ccc(F)cc1. The molecule has 1 aromatic carbocycles. The number of hydrogen-bond donors (Lipinski definition) is 4. The number of aryl methyl sites for hydroxylation is 1. The van der Waals surface area contributed by atoms with Gasteiger partial charge in [0.1, 0.15) is 11.9 Å². The molecule has 1 rings (SSSR count). The number of rotatable bonds is 15. The smallest absolute Gasteiger partial charge is 0.251 e. The van der Waals surface area contributed by atoms with Crippen molar-refractivity contribution in [1.29, 1.82) is 0 Å². The first-order chi connectivity index (χ1) is 15.7. The third-order valence-electron chi connectivity index (χ3n) is 5.14. The molecule has 2 atom stereocenters. The Kier molecular flexibility index (Phi) is 13.1. The molecule has 0 saturated heterocycles. The highest BCUT2D eigenvalue weighted by Crippen LogP contribution is 2.09. The number of unbranched alkanes of at least 4 members (excludes halogenated alkanes) is 1. The second-order valence-corrected chi connectivity index (χ2v) is 7.99. The maximum atomic E-state index is 13.0. The summed E-state index contributed by atoms with van der Waals surface area (Å²) in [5.41, 5.74) is 8.13. The molecule has 1 unspecified atom stereocenters. The highest BCUT2D eigenvalue weighted by Gasteiger charge is 2.20. The van der Waals surface area contributed by atoms with Crippen LogP contribution in [0.4, 0.5) is 4.39 Å². The fraction of sp³-hybridized carbons (Fsp3) is 0.591. The first-order valence-corrected chi connectivity index (χ1v) is 11.2. The Balaban J connectivity index is 2.51. The molecule has 184 valence electrons. The average molecular weight is 467 g/mol. The van der Waals surface area contributed by atoms with Crippen molar-refractivity contribution in [1.82, 2.24) is 16.1 Å². The van der Waals surface area contributed by atoms with Gasteiger partial charge in [-0.25, -0.2) is 19.5 Å². The third-order valence-corrected chi connectivity index (χ3v) is 5.14. The van der Waals surface area contributed by atoms with Gasteiger partial charge in [0.2, 0.25) is 11.8 Å². The van der Waals surface area contributed by atoms with Crippen molar-refractivity contribution in [2.45, 2.75) is 64.8 Å². The van der Waals surface area contributed by atoms with E-state index in [0.717, 1.165) is 24.8 Å². The van der Waals surface area contributed by atoms with E-state index in [4.69, 9.17) is 5.73 Å². The summed E-state index contributed by atoms with van der Waals surface area (Å²) in [6.45, 7) is 4.74. The van der Waals surface area contributed by atoms with Crippen LogP contribution < -0.4 is 21.8 Å². The number of nitrogens with zero attached hydrogens (tertiary/aromatic N) is 2. The number of nitro groups is 1. The maximum Gasteiger partial charge on any atom is 0.251 e. The van der Waals surface area contributed by atoms with E-state index in [9.17, 15) is 24.1 Å². The van der Waals surface area contributed by atoms with Gasteiger partial charge in [-0.05, 0) is 55.7 Å². The molecule has 0 heterocycles. The molecule has 2 amide bonds. The molecule has 1 aromatic rings. The zero-order valence-corrected chi connectivity index (χ0v) is 19.3. The van der Waals surface area contributed by atoms with E-state index in [-0.39, 0.29) is 36.6 Å². The third kappa shape index (κ3) is 13.0. The van der Waals surface area contributed by atoms with Gasteiger partial charge in [-0.1, -0.05) is 37.8 Å². The van der Waals surface area contributed by atoms with Crippen LogP contribution in [-0.4, -0.2) is 41.9 Å². The van der Waals surface area contributed by atoms with Crippen molar-refractivity contribution in [3.8, 4) is 0 Å². The molecule has 11 heteroatoms. The summed E-state index contributed by atoms with van der Waals surface area (Å²) in [6.07, 6.45) is 4.06. The number of nitrogens with two attached hydrogens (primary N) is 1. The van der Waals surface area contributed by atoms with Gasteiger partial charge < -0.3 is 16.4 Å². The molecular weight excluding hydrogens is 431 g/mol. The first kappa shape index (κ1) is 27.8. The van der Waals surface area contributed by atoms with Crippen LogP contribution in [-0.2, 0) is 16.0 Å². The van der Waals surface area contributed by atoms with Gasteiger partial charge >= 0.3 is 0 Å². The Hall–Kier alpha value is -3.24. The number of halogens is 1. The van der Waals surface area contributed by atoms with Crippen molar-refractivity contribution in [3.63, 3.8) is 0 Å². The zero-order chi connectivity index (χ0) is 24.6. The van der Waals surface area contributed by atoms with E-state index in [1.54, 1.807) is 17.6 Å². The molecule has 10 nitrogen and oxygen atoms in total. The lowest BCUT2D eigenvalue weighted by molar-refractivity contribution is -0.525. The number of benzene rings is 1. The Morgan fingerprint density at radius 2 is 1.91 bits per heavy atom. The second-order valence-electron chi connectivity index (χ2n) is 7.99. The van der Waals surface area contributed by atoms with Gasteiger partial charge in [0.15, 0.2) is 5.03 Å². The highest BCUT2D eigenvalue weighted by molar-refractivity contribution is 5.87. The molecule has 0 aromatic heterocycles. The number of carbonyl (C=O) groups excluding carboxylic acids is 2. The van der Waals surface area contributed by atoms with Crippen molar-refractivity contribution in [2.75, 3.05) is 13.1 Å². The Morgan fingerprint density at radius 3 is 2.55 bits per heavy atom. The number of nitrogens with one attached hydrogen (secondary N) is 3. The van der Waals surface area contributed by atoms with E-state index in [1.165, 1.54) is 12.1 Å². The number of amides is 2. The molecule has 0 aliphatic rings. The lowest BCUT2D eigenvalue weighted by Gasteiger charge is -2.19. The molecular formula is C22H35FN6O4. The summed E-state index contributed by atoms with van der Waals surface area (Å²) in [4.78, 5) is 39.2. The zero-order valence-electron chi connectivity index (χ0n) is 19.3. The van der Waals surface area contributed by atoms with Crippen LogP contribution in [0.5, 0.6) is 0 Å². The van der Waals surface area contributed by atoms with E-state index in [0.29, 0.717) is 31.7 Å². The van der Waals surface area contributed by atoms with Crippen LogP contribution in [0, 0.1) is 21.8 Å². The maximum absolute atomic E-state index is 13.0. The van der Waals surface area contributed by atoms with Gasteiger partial charge in [0, 0.05) is 19.5 Å². The van der Waals surface area contributed by atoms with Crippen LogP contribution in [0.15, 0.2) is 29.3 Å². The van der Waals surface area contributed by atoms with Gasteiger partial charge in [-0.15, -0.1) is 0 Å². The summed E-state index contributed by atoms with van der Waals surface area (Å²) < 4.78 is 13.0. The van der Waals surface area contributed by atoms with Crippen LogP contribution >= 0.6 is 0 Å². The van der Waals surface area contributed by atoms with Crippen LogP contribution in [0.1, 0.15) is 57.9 Å².